The molecule has 2 N–H and O–H groups in total. The quantitative estimate of drug-likeness (QED) is 0.602. The van der Waals surface area contributed by atoms with Crippen LogP contribution in [0.15, 0.2) is 35.1 Å². The molecule has 2 saturated heterocycles. The molecular formula is C20H26N6. The monoisotopic (exact) mass is 350 g/mol. The van der Waals surface area contributed by atoms with E-state index in [-0.39, 0.29) is 5.41 Å². The Balaban J connectivity index is 1.54. The minimum absolute atomic E-state index is 0.150. The van der Waals surface area contributed by atoms with Crippen molar-refractivity contribution in [3.8, 4) is 6.07 Å². The Morgan fingerprint density at radius 1 is 1.54 bits per heavy atom. The second-order valence-corrected chi connectivity index (χ2v) is 7.66. The fourth-order valence-corrected chi connectivity index (χ4v) is 3.97. The lowest BCUT2D eigenvalue weighted by molar-refractivity contribution is 0.245. The molecule has 0 radical (unpaired) electrons. The number of aliphatic imine (C=N–C) groups is 1. The molecule has 3 heterocycles. The van der Waals surface area contributed by atoms with Crippen LogP contribution in [0, 0.1) is 16.7 Å². The van der Waals surface area contributed by atoms with E-state index in [2.05, 4.69) is 45.5 Å². The molecule has 0 unspecified atom stereocenters. The number of anilines is 1. The van der Waals surface area contributed by atoms with Gasteiger partial charge in [0.05, 0.1) is 11.5 Å². The molecule has 2 saturated carbocycles. The van der Waals surface area contributed by atoms with E-state index in [1.54, 1.807) is 0 Å². The highest BCUT2D eigenvalue weighted by Gasteiger charge is 2.56. The summed E-state index contributed by atoms with van der Waals surface area (Å²) in [7, 11) is 0. The molecule has 2 bridgehead atoms. The molecule has 6 nitrogen and oxygen atoms in total. The SMILES string of the molecule is C\C=C/C(=N\C(=C\CC)N1CC2(C#N)CC1C2)Nc1cc(C2CC2)[nH]n1. The summed E-state index contributed by atoms with van der Waals surface area (Å²) in [6.45, 7) is 4.90. The molecule has 0 aromatic carbocycles. The zero-order valence-electron chi connectivity index (χ0n) is 15.5. The fourth-order valence-electron chi connectivity index (χ4n) is 3.97. The van der Waals surface area contributed by atoms with Crippen LogP contribution in [0.25, 0.3) is 0 Å². The highest BCUT2D eigenvalue weighted by molar-refractivity contribution is 6.03. The van der Waals surface area contributed by atoms with Gasteiger partial charge in [-0.25, -0.2) is 4.99 Å². The van der Waals surface area contributed by atoms with Gasteiger partial charge in [-0.1, -0.05) is 13.0 Å². The molecule has 4 aliphatic rings. The Kier molecular flexibility index (Phi) is 4.31. The number of aromatic amines is 1. The largest absolute Gasteiger partial charge is 0.352 e. The van der Waals surface area contributed by atoms with E-state index < -0.39 is 0 Å². The van der Waals surface area contributed by atoms with E-state index in [9.17, 15) is 5.26 Å². The minimum Gasteiger partial charge on any atom is -0.352 e. The number of aromatic nitrogens is 2. The lowest BCUT2D eigenvalue weighted by Crippen LogP contribution is -2.33. The van der Waals surface area contributed by atoms with Crippen molar-refractivity contribution in [2.45, 2.75) is 57.9 Å². The number of nitrogens with zero attached hydrogens (tertiary/aromatic N) is 4. The molecule has 0 atom stereocenters. The van der Waals surface area contributed by atoms with Crippen molar-refractivity contribution in [3.63, 3.8) is 0 Å². The summed E-state index contributed by atoms with van der Waals surface area (Å²) in [5, 5.41) is 20.3. The van der Waals surface area contributed by atoms with Gasteiger partial charge in [-0.05, 0) is 51.2 Å². The predicted octanol–water partition coefficient (Wildman–Crippen LogP) is 3.91. The molecule has 0 spiro atoms. The van der Waals surface area contributed by atoms with Crippen LogP contribution >= 0.6 is 0 Å². The summed E-state index contributed by atoms with van der Waals surface area (Å²) in [4.78, 5) is 7.19. The highest BCUT2D eigenvalue weighted by atomic mass is 15.3. The zero-order chi connectivity index (χ0) is 18.1. The van der Waals surface area contributed by atoms with Gasteiger partial charge in [-0.3, -0.25) is 5.10 Å². The number of hydrogen-bond donors (Lipinski definition) is 2. The molecule has 136 valence electrons. The first kappa shape index (κ1) is 16.9. The number of amidine groups is 1. The van der Waals surface area contributed by atoms with E-state index in [1.165, 1.54) is 18.5 Å². The zero-order valence-corrected chi connectivity index (χ0v) is 15.5. The molecule has 2 aliphatic heterocycles. The first-order valence-electron chi connectivity index (χ1n) is 9.58. The van der Waals surface area contributed by atoms with Gasteiger partial charge in [0.25, 0.3) is 0 Å². The Labute approximate surface area is 154 Å². The average molecular weight is 350 g/mol. The summed E-state index contributed by atoms with van der Waals surface area (Å²) >= 11 is 0. The maximum absolute atomic E-state index is 9.44. The van der Waals surface area contributed by atoms with E-state index in [0.29, 0.717) is 12.0 Å². The number of H-pyrrole nitrogens is 1. The maximum atomic E-state index is 9.44. The smallest absolute Gasteiger partial charge is 0.153 e. The van der Waals surface area contributed by atoms with E-state index >= 15 is 0 Å². The molecule has 1 aromatic heterocycles. The highest BCUT2D eigenvalue weighted by Crippen LogP contribution is 2.52. The van der Waals surface area contributed by atoms with Crippen molar-refractivity contribution in [2.75, 3.05) is 11.9 Å². The van der Waals surface area contributed by atoms with Crippen LogP contribution in [0.2, 0.25) is 0 Å². The van der Waals surface area contributed by atoms with Crippen molar-refractivity contribution < 1.29 is 0 Å². The number of fused-ring (bicyclic) bond motifs is 1. The Morgan fingerprint density at radius 3 is 2.96 bits per heavy atom. The Morgan fingerprint density at radius 2 is 2.35 bits per heavy atom. The fraction of sp³-hybridized carbons (Fsp3) is 0.550. The van der Waals surface area contributed by atoms with E-state index in [1.807, 2.05) is 19.1 Å². The number of rotatable bonds is 6. The molecule has 6 heteroatoms. The molecule has 2 aliphatic carbocycles. The molecular weight excluding hydrogens is 324 g/mol. The van der Waals surface area contributed by atoms with Gasteiger partial charge in [0.1, 0.15) is 11.7 Å². The van der Waals surface area contributed by atoms with E-state index in [4.69, 9.17) is 4.99 Å². The van der Waals surface area contributed by atoms with Crippen molar-refractivity contribution in [3.05, 3.63) is 35.8 Å². The third kappa shape index (κ3) is 3.14. The summed E-state index contributed by atoms with van der Waals surface area (Å²) in [5.74, 6) is 3.19. The average Bonchev–Trinajstić information content (AvgIpc) is 3.08. The van der Waals surface area contributed by atoms with Crippen molar-refractivity contribution in [1.29, 1.82) is 5.26 Å². The topological polar surface area (TPSA) is 80.1 Å². The van der Waals surface area contributed by atoms with Gasteiger partial charge in [0.2, 0.25) is 0 Å². The van der Waals surface area contributed by atoms with Crippen LogP contribution in [-0.2, 0) is 0 Å². The van der Waals surface area contributed by atoms with Crippen LogP contribution in [0.4, 0.5) is 5.82 Å². The summed E-state index contributed by atoms with van der Waals surface area (Å²) in [6.07, 6.45) is 11.4. The molecule has 26 heavy (non-hydrogen) atoms. The van der Waals surface area contributed by atoms with Gasteiger partial charge in [0.15, 0.2) is 5.82 Å². The minimum atomic E-state index is -0.150. The molecule has 5 rings (SSSR count). The van der Waals surface area contributed by atoms with Gasteiger partial charge in [-0.2, -0.15) is 10.4 Å². The van der Waals surface area contributed by atoms with Gasteiger partial charge >= 0.3 is 0 Å². The van der Waals surface area contributed by atoms with Crippen LogP contribution in [0.3, 0.4) is 0 Å². The summed E-state index contributed by atoms with van der Waals surface area (Å²) < 4.78 is 0. The maximum Gasteiger partial charge on any atom is 0.153 e. The Bertz CT molecular complexity index is 799. The van der Waals surface area contributed by atoms with Crippen molar-refractivity contribution in [1.82, 2.24) is 15.1 Å². The van der Waals surface area contributed by atoms with Crippen LogP contribution < -0.4 is 5.32 Å². The predicted molar refractivity (Wildman–Crippen MR) is 103 cm³/mol. The number of nitrogens with one attached hydrogen (secondary N) is 2. The third-order valence-electron chi connectivity index (χ3n) is 5.52. The van der Waals surface area contributed by atoms with E-state index in [0.717, 1.165) is 43.3 Å². The number of nitriles is 1. The first-order chi connectivity index (χ1) is 12.7. The number of hydrogen-bond acceptors (Lipinski definition) is 4. The Hall–Kier alpha value is -2.55. The normalized spacial score (nSPS) is 28.3. The van der Waals surface area contributed by atoms with Crippen LogP contribution in [0.5, 0.6) is 0 Å². The molecule has 0 amide bonds. The van der Waals surface area contributed by atoms with Crippen LogP contribution in [-0.4, -0.2) is 33.5 Å². The second-order valence-electron chi connectivity index (χ2n) is 7.66. The lowest BCUT2D eigenvalue weighted by Gasteiger charge is -2.31. The molecule has 1 aromatic rings. The van der Waals surface area contributed by atoms with Gasteiger partial charge < -0.3 is 10.2 Å². The van der Waals surface area contributed by atoms with Gasteiger partial charge in [-0.15, -0.1) is 0 Å². The van der Waals surface area contributed by atoms with Gasteiger partial charge in [0, 0.05) is 30.3 Å². The first-order valence-corrected chi connectivity index (χ1v) is 9.58. The van der Waals surface area contributed by atoms with Crippen LogP contribution in [0.1, 0.15) is 57.6 Å². The number of allylic oxidation sites excluding steroid dienone is 2. The second kappa shape index (κ2) is 6.64. The summed E-state index contributed by atoms with van der Waals surface area (Å²) in [5.41, 5.74) is 1.05. The third-order valence-corrected chi connectivity index (χ3v) is 5.52. The lowest BCUT2D eigenvalue weighted by atomic mass is 9.71. The molecule has 4 fully saturated rings. The standard InChI is InChI=1S/C20H26N6/c1-3-5-17(22-18-9-16(24-25-18)14-7-8-14)23-19(6-4-2)26-13-20(12-21)10-15(26)11-20/h3,5-6,9,14-15H,4,7-8,10-11,13H2,1-2H3,(H2,22,23,24,25)/b5-3-,19-6-. The van der Waals surface area contributed by atoms with Crippen molar-refractivity contribution in [2.24, 2.45) is 10.4 Å². The summed E-state index contributed by atoms with van der Waals surface area (Å²) in [6, 6.07) is 5.04. The van der Waals surface area contributed by atoms with Crippen molar-refractivity contribution >= 4 is 11.7 Å².